The molecule has 0 atom stereocenters. The van der Waals surface area contributed by atoms with E-state index >= 15 is 0 Å². The Bertz CT molecular complexity index is 383. The summed E-state index contributed by atoms with van der Waals surface area (Å²) in [5.74, 6) is 0.551. The highest BCUT2D eigenvalue weighted by atomic mass is 35.5. The summed E-state index contributed by atoms with van der Waals surface area (Å²) in [6.45, 7) is 0.637. The monoisotopic (exact) mass is 209 g/mol. The molecule has 14 heavy (non-hydrogen) atoms. The standard InChI is InChI=1S/C8H8ClN5/c9-7-4-11-8(12-5-7)10-1-6-2-13-14-3-6/h2-5H,1H2,(H,13,14)(H,10,11,12). The molecule has 0 saturated heterocycles. The van der Waals surface area contributed by atoms with Crippen molar-refractivity contribution in [2.24, 2.45) is 0 Å². The van der Waals surface area contributed by atoms with E-state index in [1.54, 1.807) is 18.6 Å². The van der Waals surface area contributed by atoms with Gasteiger partial charge in [-0.15, -0.1) is 0 Å². The average molecular weight is 210 g/mol. The predicted molar refractivity (Wildman–Crippen MR) is 53.0 cm³/mol. The van der Waals surface area contributed by atoms with E-state index < -0.39 is 0 Å². The molecule has 0 fully saturated rings. The Morgan fingerprint density at radius 2 is 2.07 bits per heavy atom. The minimum absolute atomic E-state index is 0.527. The molecule has 0 amide bonds. The van der Waals surface area contributed by atoms with E-state index in [1.165, 1.54) is 0 Å². The van der Waals surface area contributed by atoms with Gasteiger partial charge in [-0.1, -0.05) is 11.6 Å². The summed E-state index contributed by atoms with van der Waals surface area (Å²) >= 11 is 5.64. The van der Waals surface area contributed by atoms with Gasteiger partial charge in [0, 0.05) is 18.3 Å². The summed E-state index contributed by atoms with van der Waals surface area (Å²) in [5.41, 5.74) is 1.04. The number of halogens is 1. The number of nitrogens with zero attached hydrogens (tertiary/aromatic N) is 3. The highest BCUT2D eigenvalue weighted by molar-refractivity contribution is 6.30. The summed E-state index contributed by atoms with van der Waals surface area (Å²) in [6.07, 6.45) is 6.64. The molecule has 0 spiro atoms. The molecule has 2 aromatic rings. The third kappa shape index (κ3) is 2.20. The molecule has 72 valence electrons. The number of aromatic nitrogens is 4. The largest absolute Gasteiger partial charge is 0.350 e. The van der Waals surface area contributed by atoms with Gasteiger partial charge in [-0.25, -0.2) is 9.97 Å². The average Bonchev–Trinajstić information content (AvgIpc) is 2.70. The lowest BCUT2D eigenvalue weighted by Crippen LogP contribution is -2.01. The fraction of sp³-hybridized carbons (Fsp3) is 0.125. The molecule has 0 aliphatic rings. The van der Waals surface area contributed by atoms with Crippen molar-refractivity contribution in [1.82, 2.24) is 20.2 Å². The molecular weight excluding hydrogens is 202 g/mol. The van der Waals surface area contributed by atoms with Crippen LogP contribution in [0.1, 0.15) is 5.56 Å². The van der Waals surface area contributed by atoms with Crippen LogP contribution in [0.3, 0.4) is 0 Å². The summed E-state index contributed by atoms with van der Waals surface area (Å²) in [4.78, 5) is 7.99. The van der Waals surface area contributed by atoms with Gasteiger partial charge in [0.25, 0.3) is 0 Å². The molecule has 0 bridgehead atoms. The van der Waals surface area contributed by atoms with Crippen molar-refractivity contribution >= 4 is 17.5 Å². The van der Waals surface area contributed by atoms with Crippen molar-refractivity contribution in [1.29, 1.82) is 0 Å². The van der Waals surface area contributed by atoms with Crippen LogP contribution in [0.25, 0.3) is 0 Å². The van der Waals surface area contributed by atoms with E-state index in [0.717, 1.165) is 5.56 Å². The van der Waals surface area contributed by atoms with Gasteiger partial charge in [-0.2, -0.15) is 5.10 Å². The first-order chi connectivity index (χ1) is 6.84. The highest BCUT2D eigenvalue weighted by Crippen LogP contribution is 2.06. The van der Waals surface area contributed by atoms with Crippen LogP contribution in [-0.2, 0) is 6.54 Å². The molecule has 2 rings (SSSR count). The van der Waals surface area contributed by atoms with E-state index in [4.69, 9.17) is 11.6 Å². The van der Waals surface area contributed by atoms with E-state index in [9.17, 15) is 0 Å². The maximum absolute atomic E-state index is 5.64. The van der Waals surface area contributed by atoms with Gasteiger partial charge < -0.3 is 5.32 Å². The molecule has 0 unspecified atom stereocenters. The molecule has 2 aromatic heterocycles. The second-order valence-electron chi connectivity index (χ2n) is 2.68. The minimum Gasteiger partial charge on any atom is -0.350 e. The molecule has 0 saturated carbocycles. The Labute approximate surface area is 85.5 Å². The zero-order chi connectivity index (χ0) is 9.80. The smallest absolute Gasteiger partial charge is 0.222 e. The maximum atomic E-state index is 5.64. The number of hydrogen-bond acceptors (Lipinski definition) is 4. The second kappa shape index (κ2) is 4.06. The molecule has 2 N–H and O–H groups in total. The van der Waals surface area contributed by atoms with Crippen LogP contribution >= 0.6 is 11.6 Å². The van der Waals surface area contributed by atoms with E-state index in [1.807, 2.05) is 6.20 Å². The molecule has 0 aromatic carbocycles. The summed E-state index contributed by atoms with van der Waals surface area (Å²) in [6, 6.07) is 0. The molecular formula is C8H8ClN5. The Balaban J connectivity index is 1.95. The number of hydrogen-bond donors (Lipinski definition) is 2. The number of H-pyrrole nitrogens is 1. The first kappa shape index (κ1) is 8.96. The zero-order valence-corrected chi connectivity index (χ0v) is 7.99. The van der Waals surface area contributed by atoms with Crippen molar-refractivity contribution in [2.45, 2.75) is 6.54 Å². The van der Waals surface area contributed by atoms with E-state index in [0.29, 0.717) is 17.5 Å². The fourth-order valence-corrected chi connectivity index (χ4v) is 1.06. The minimum atomic E-state index is 0.527. The molecule has 5 nitrogen and oxygen atoms in total. The lowest BCUT2D eigenvalue weighted by molar-refractivity contribution is 1.06. The van der Waals surface area contributed by atoms with Gasteiger partial charge >= 0.3 is 0 Å². The Morgan fingerprint density at radius 1 is 1.29 bits per heavy atom. The Morgan fingerprint density at radius 3 is 2.71 bits per heavy atom. The Hall–Kier alpha value is -1.62. The highest BCUT2D eigenvalue weighted by Gasteiger charge is 1.96. The normalized spacial score (nSPS) is 10.1. The maximum Gasteiger partial charge on any atom is 0.222 e. The third-order valence-electron chi connectivity index (χ3n) is 1.63. The van der Waals surface area contributed by atoms with Gasteiger partial charge in [0.05, 0.1) is 23.6 Å². The number of anilines is 1. The first-order valence-electron chi connectivity index (χ1n) is 4.03. The molecule has 2 heterocycles. The van der Waals surface area contributed by atoms with Crippen LogP contribution in [0.2, 0.25) is 5.02 Å². The summed E-state index contributed by atoms with van der Waals surface area (Å²) in [5, 5.41) is 10.1. The van der Waals surface area contributed by atoms with Crippen LogP contribution in [0.15, 0.2) is 24.8 Å². The number of aromatic amines is 1. The van der Waals surface area contributed by atoms with Crippen molar-refractivity contribution in [3.8, 4) is 0 Å². The first-order valence-corrected chi connectivity index (χ1v) is 4.41. The molecule has 6 heteroatoms. The van der Waals surface area contributed by atoms with Gasteiger partial charge in [0.2, 0.25) is 5.95 Å². The molecule has 0 aliphatic carbocycles. The number of nitrogens with one attached hydrogen (secondary N) is 2. The van der Waals surface area contributed by atoms with Crippen LogP contribution in [0, 0.1) is 0 Å². The molecule has 0 aliphatic heterocycles. The summed E-state index contributed by atoms with van der Waals surface area (Å²) in [7, 11) is 0. The van der Waals surface area contributed by atoms with Crippen LogP contribution in [0.5, 0.6) is 0 Å². The van der Waals surface area contributed by atoms with Crippen LogP contribution < -0.4 is 5.32 Å². The van der Waals surface area contributed by atoms with Gasteiger partial charge in [0.15, 0.2) is 0 Å². The van der Waals surface area contributed by atoms with Crippen LogP contribution in [-0.4, -0.2) is 20.2 Å². The van der Waals surface area contributed by atoms with E-state index in [2.05, 4.69) is 25.5 Å². The topological polar surface area (TPSA) is 66.5 Å². The van der Waals surface area contributed by atoms with E-state index in [-0.39, 0.29) is 0 Å². The lowest BCUT2D eigenvalue weighted by atomic mass is 10.4. The lowest BCUT2D eigenvalue weighted by Gasteiger charge is -2.01. The van der Waals surface area contributed by atoms with Gasteiger partial charge in [-0.05, 0) is 0 Å². The third-order valence-corrected chi connectivity index (χ3v) is 1.82. The van der Waals surface area contributed by atoms with Crippen LogP contribution in [0.4, 0.5) is 5.95 Å². The Kier molecular flexibility index (Phi) is 2.60. The van der Waals surface area contributed by atoms with Gasteiger partial charge in [-0.3, -0.25) is 5.10 Å². The predicted octanol–water partition coefficient (Wildman–Crippen LogP) is 1.47. The van der Waals surface area contributed by atoms with Crippen molar-refractivity contribution in [3.05, 3.63) is 35.4 Å². The quantitative estimate of drug-likeness (QED) is 0.804. The SMILES string of the molecule is Clc1cnc(NCc2cn[nH]c2)nc1. The van der Waals surface area contributed by atoms with Crippen molar-refractivity contribution < 1.29 is 0 Å². The van der Waals surface area contributed by atoms with Gasteiger partial charge in [0.1, 0.15) is 0 Å². The number of rotatable bonds is 3. The van der Waals surface area contributed by atoms with Crippen molar-refractivity contribution in [2.75, 3.05) is 5.32 Å². The summed E-state index contributed by atoms with van der Waals surface area (Å²) < 4.78 is 0. The zero-order valence-electron chi connectivity index (χ0n) is 7.24. The van der Waals surface area contributed by atoms with Crippen molar-refractivity contribution in [3.63, 3.8) is 0 Å². The second-order valence-corrected chi connectivity index (χ2v) is 3.12. The fourth-order valence-electron chi connectivity index (χ4n) is 0.959. The molecule has 0 radical (unpaired) electrons.